The van der Waals surface area contributed by atoms with E-state index in [-0.39, 0.29) is 4.90 Å². The highest BCUT2D eigenvalue weighted by Crippen LogP contribution is 2.38. The average molecular weight is 386 g/mol. The first-order valence-corrected chi connectivity index (χ1v) is 10.1. The lowest BCUT2D eigenvalue weighted by Crippen LogP contribution is -2.48. The molecule has 8 nitrogen and oxygen atoms in total. The van der Waals surface area contributed by atoms with Crippen LogP contribution >= 0.6 is 0 Å². The number of hydrogen-bond donors (Lipinski definition) is 0. The van der Waals surface area contributed by atoms with Gasteiger partial charge in [0.1, 0.15) is 28.0 Å². The van der Waals surface area contributed by atoms with Gasteiger partial charge in [0.05, 0.1) is 23.2 Å². The van der Waals surface area contributed by atoms with Gasteiger partial charge in [0.2, 0.25) is 10.0 Å². The van der Waals surface area contributed by atoms with Crippen molar-refractivity contribution in [2.24, 2.45) is 8.73 Å². The molecule has 0 N–H and O–H groups in total. The Labute approximate surface area is 154 Å². The van der Waals surface area contributed by atoms with E-state index in [0.717, 1.165) is 17.0 Å². The zero-order chi connectivity index (χ0) is 18.1. The minimum absolute atomic E-state index is 0.206. The lowest BCUT2D eigenvalue weighted by Gasteiger charge is -2.35. The normalized spacial score (nSPS) is 16.8. The molecule has 1 aromatic carbocycles. The summed E-state index contributed by atoms with van der Waals surface area (Å²) in [7, 11) is -3.62. The summed E-state index contributed by atoms with van der Waals surface area (Å²) < 4.78 is 35.8. The van der Waals surface area contributed by atoms with Gasteiger partial charge >= 0.3 is 0 Å². The molecule has 3 heterocycles. The summed E-state index contributed by atoms with van der Waals surface area (Å²) in [6.45, 7) is 1.85. The predicted octanol–water partition coefficient (Wildman–Crippen LogP) is 2.19. The Morgan fingerprint density at radius 2 is 1.88 bits per heavy atom. The number of pyridine rings is 1. The third-order valence-corrected chi connectivity index (χ3v) is 6.81. The molecule has 0 aliphatic carbocycles. The van der Waals surface area contributed by atoms with E-state index in [4.69, 9.17) is 5.26 Å². The van der Waals surface area contributed by atoms with Crippen LogP contribution in [0.4, 0.5) is 17.1 Å². The SMILES string of the molecule is N#Cc1ccc(N2CCN(S(=O)(=O)c3cccc4c3N=S=N4)CC2)cn1. The first-order chi connectivity index (χ1) is 12.6. The third kappa shape index (κ3) is 2.90. The van der Waals surface area contributed by atoms with Crippen molar-refractivity contribution in [3.63, 3.8) is 0 Å². The van der Waals surface area contributed by atoms with E-state index in [2.05, 4.69) is 18.6 Å². The molecular formula is C16H14N6O2S2. The molecule has 1 aromatic heterocycles. The van der Waals surface area contributed by atoms with Crippen LogP contribution in [0.1, 0.15) is 5.69 Å². The monoisotopic (exact) mass is 386 g/mol. The molecule has 2 aromatic rings. The first-order valence-electron chi connectivity index (χ1n) is 7.92. The van der Waals surface area contributed by atoms with E-state index in [0.29, 0.717) is 43.2 Å². The highest BCUT2D eigenvalue weighted by molar-refractivity contribution is 7.89. The molecule has 4 rings (SSSR count). The van der Waals surface area contributed by atoms with Crippen LogP contribution in [0.2, 0.25) is 0 Å². The summed E-state index contributed by atoms with van der Waals surface area (Å²) in [4.78, 5) is 6.33. The molecule has 0 radical (unpaired) electrons. The number of piperazine rings is 1. The van der Waals surface area contributed by atoms with E-state index in [9.17, 15) is 8.42 Å². The van der Waals surface area contributed by atoms with Crippen LogP contribution in [0.3, 0.4) is 0 Å². The zero-order valence-electron chi connectivity index (χ0n) is 13.6. The Kier molecular flexibility index (Phi) is 4.28. The van der Waals surface area contributed by atoms with Gasteiger partial charge in [-0.1, -0.05) is 6.07 Å². The second kappa shape index (κ2) is 6.60. The van der Waals surface area contributed by atoms with Crippen molar-refractivity contribution >= 4 is 38.4 Å². The topological polar surface area (TPSA) is 102 Å². The molecular weight excluding hydrogens is 372 g/mol. The Morgan fingerprint density at radius 1 is 1.08 bits per heavy atom. The molecule has 1 saturated heterocycles. The van der Waals surface area contributed by atoms with Gasteiger partial charge in [-0.25, -0.2) is 13.4 Å². The molecule has 0 atom stereocenters. The first kappa shape index (κ1) is 16.8. The molecule has 2 aliphatic heterocycles. The van der Waals surface area contributed by atoms with Crippen LogP contribution in [-0.4, -0.2) is 43.9 Å². The Bertz CT molecular complexity index is 1060. The van der Waals surface area contributed by atoms with Gasteiger partial charge < -0.3 is 4.90 Å². The van der Waals surface area contributed by atoms with Crippen LogP contribution in [0.5, 0.6) is 0 Å². The van der Waals surface area contributed by atoms with E-state index in [1.165, 1.54) is 4.31 Å². The van der Waals surface area contributed by atoms with Crippen LogP contribution < -0.4 is 4.90 Å². The number of rotatable bonds is 3. The molecule has 0 saturated carbocycles. The number of nitrogens with zero attached hydrogens (tertiary/aromatic N) is 6. The van der Waals surface area contributed by atoms with Gasteiger partial charge in [-0.3, -0.25) is 0 Å². The molecule has 10 heteroatoms. The van der Waals surface area contributed by atoms with Gasteiger partial charge in [0.25, 0.3) is 0 Å². The molecule has 0 amide bonds. The smallest absolute Gasteiger partial charge is 0.245 e. The number of aromatic nitrogens is 1. The fourth-order valence-electron chi connectivity index (χ4n) is 2.95. The number of fused-ring (bicyclic) bond motifs is 1. The summed E-state index contributed by atoms with van der Waals surface area (Å²) in [5.41, 5.74) is 2.27. The van der Waals surface area contributed by atoms with Gasteiger partial charge in [-0.2, -0.15) is 18.3 Å². The van der Waals surface area contributed by atoms with E-state index >= 15 is 0 Å². The van der Waals surface area contributed by atoms with Crippen molar-refractivity contribution in [2.45, 2.75) is 4.90 Å². The number of sulfonamides is 1. The molecule has 0 spiro atoms. The van der Waals surface area contributed by atoms with Gasteiger partial charge in [0.15, 0.2) is 0 Å². The van der Waals surface area contributed by atoms with Crippen LogP contribution in [-0.2, 0) is 21.4 Å². The number of anilines is 1. The molecule has 0 bridgehead atoms. The Balaban J connectivity index is 1.52. The van der Waals surface area contributed by atoms with Gasteiger partial charge in [-0.05, 0) is 24.3 Å². The summed E-state index contributed by atoms with van der Waals surface area (Å²) in [5, 5.41) is 8.82. The minimum Gasteiger partial charge on any atom is -0.368 e. The maximum atomic E-state index is 13.0. The number of hydrogen-bond acceptors (Lipinski definition) is 7. The van der Waals surface area contributed by atoms with Gasteiger partial charge in [-0.15, -0.1) is 0 Å². The molecule has 2 aliphatic rings. The van der Waals surface area contributed by atoms with Crippen molar-refractivity contribution < 1.29 is 8.42 Å². The Hall–Kier alpha value is -2.61. The lowest BCUT2D eigenvalue weighted by atomic mass is 10.3. The van der Waals surface area contributed by atoms with Gasteiger partial charge in [0, 0.05) is 26.2 Å². The zero-order valence-corrected chi connectivity index (χ0v) is 15.2. The Morgan fingerprint density at radius 3 is 2.58 bits per heavy atom. The third-order valence-electron chi connectivity index (χ3n) is 4.33. The highest BCUT2D eigenvalue weighted by Gasteiger charge is 2.31. The summed E-state index contributed by atoms with van der Waals surface area (Å²) >= 11 is 1.01. The van der Waals surface area contributed by atoms with Crippen molar-refractivity contribution in [3.8, 4) is 6.07 Å². The maximum absolute atomic E-state index is 13.0. The average Bonchev–Trinajstić information content (AvgIpc) is 3.17. The van der Waals surface area contributed by atoms with Crippen molar-refractivity contribution in [2.75, 3.05) is 31.1 Å². The quantitative estimate of drug-likeness (QED) is 0.686. The lowest BCUT2D eigenvalue weighted by molar-refractivity contribution is 0.385. The van der Waals surface area contributed by atoms with Crippen LogP contribution in [0, 0.1) is 11.3 Å². The van der Waals surface area contributed by atoms with Crippen LogP contribution in [0.15, 0.2) is 50.1 Å². The van der Waals surface area contributed by atoms with Crippen molar-refractivity contribution in [1.29, 1.82) is 5.26 Å². The van der Waals surface area contributed by atoms with E-state index < -0.39 is 10.0 Å². The van der Waals surface area contributed by atoms with Crippen molar-refractivity contribution in [1.82, 2.24) is 9.29 Å². The maximum Gasteiger partial charge on any atom is 0.245 e. The second-order valence-electron chi connectivity index (χ2n) is 5.79. The van der Waals surface area contributed by atoms with Crippen molar-refractivity contribution in [3.05, 3.63) is 42.2 Å². The molecule has 26 heavy (non-hydrogen) atoms. The summed E-state index contributed by atoms with van der Waals surface area (Å²) in [5.74, 6) is 0. The molecule has 1 fully saturated rings. The standard InChI is InChI=1S/C16H14N6O2S2/c17-10-12-4-5-13(11-18-12)21-6-8-22(9-7-21)26(23,24)15-3-1-2-14-16(15)20-25-19-14/h1-5,11H,6-9H2. The fraction of sp³-hybridized carbons (Fsp3) is 0.250. The largest absolute Gasteiger partial charge is 0.368 e. The number of benzene rings is 1. The second-order valence-corrected chi connectivity index (χ2v) is 8.23. The highest BCUT2D eigenvalue weighted by atomic mass is 32.2. The molecule has 0 unspecified atom stereocenters. The predicted molar refractivity (Wildman–Crippen MR) is 97.9 cm³/mol. The van der Waals surface area contributed by atoms with Crippen LogP contribution in [0.25, 0.3) is 0 Å². The summed E-state index contributed by atoms with van der Waals surface area (Å²) in [6, 6.07) is 10.5. The number of nitriles is 1. The fourth-order valence-corrected chi connectivity index (χ4v) is 5.13. The summed E-state index contributed by atoms with van der Waals surface area (Å²) in [6.07, 6.45) is 1.64. The molecule has 132 valence electrons. The van der Waals surface area contributed by atoms with E-state index in [1.807, 2.05) is 12.1 Å². The van der Waals surface area contributed by atoms with E-state index in [1.54, 1.807) is 30.5 Å². The minimum atomic E-state index is -3.62.